The molecule has 0 saturated heterocycles. The average Bonchev–Trinajstić information content (AvgIpc) is 2.58. The maximum atomic E-state index is 8.55. The SMILES string of the molecule is N#Cc1nc2ccc(CBr)cc2o1. The molecular weight excluding hydrogens is 232 g/mol. The van der Waals surface area contributed by atoms with Crippen LogP contribution in [0.15, 0.2) is 22.6 Å². The molecule has 0 bridgehead atoms. The maximum absolute atomic E-state index is 8.55. The second kappa shape index (κ2) is 3.19. The van der Waals surface area contributed by atoms with E-state index in [0.717, 1.165) is 16.4 Å². The molecule has 4 heteroatoms. The molecule has 2 aromatic rings. The quantitative estimate of drug-likeness (QED) is 0.716. The van der Waals surface area contributed by atoms with Crippen molar-refractivity contribution in [3.63, 3.8) is 0 Å². The number of alkyl halides is 1. The van der Waals surface area contributed by atoms with Crippen molar-refractivity contribution in [2.45, 2.75) is 5.33 Å². The molecule has 0 aliphatic carbocycles. The molecule has 0 fully saturated rings. The van der Waals surface area contributed by atoms with Crippen molar-refractivity contribution in [3.8, 4) is 6.07 Å². The molecule has 0 saturated carbocycles. The Morgan fingerprint density at radius 3 is 3.08 bits per heavy atom. The third-order valence-electron chi connectivity index (χ3n) is 1.70. The van der Waals surface area contributed by atoms with Gasteiger partial charge >= 0.3 is 5.89 Å². The fourth-order valence-electron chi connectivity index (χ4n) is 1.10. The first-order chi connectivity index (χ1) is 6.33. The molecule has 3 nitrogen and oxygen atoms in total. The van der Waals surface area contributed by atoms with E-state index >= 15 is 0 Å². The fraction of sp³-hybridized carbons (Fsp3) is 0.111. The third-order valence-corrected chi connectivity index (χ3v) is 2.35. The Labute approximate surface area is 83.1 Å². The number of rotatable bonds is 1. The van der Waals surface area contributed by atoms with Crippen molar-refractivity contribution in [2.24, 2.45) is 0 Å². The van der Waals surface area contributed by atoms with Gasteiger partial charge in [0.25, 0.3) is 0 Å². The first kappa shape index (κ1) is 8.27. The first-order valence-corrected chi connectivity index (χ1v) is 4.81. The van der Waals surface area contributed by atoms with E-state index < -0.39 is 0 Å². The molecule has 0 aliphatic heterocycles. The Kier molecular flexibility index (Phi) is 2.03. The molecule has 1 heterocycles. The number of hydrogen-bond donors (Lipinski definition) is 0. The summed E-state index contributed by atoms with van der Waals surface area (Å²) in [7, 11) is 0. The molecule has 0 radical (unpaired) electrons. The van der Waals surface area contributed by atoms with Gasteiger partial charge in [-0.3, -0.25) is 0 Å². The lowest BCUT2D eigenvalue weighted by atomic mass is 10.2. The molecule has 64 valence electrons. The highest BCUT2D eigenvalue weighted by Crippen LogP contribution is 2.18. The highest BCUT2D eigenvalue weighted by atomic mass is 79.9. The van der Waals surface area contributed by atoms with Gasteiger partial charge in [0.05, 0.1) is 0 Å². The Morgan fingerprint density at radius 2 is 2.38 bits per heavy atom. The van der Waals surface area contributed by atoms with Crippen molar-refractivity contribution in [3.05, 3.63) is 29.7 Å². The van der Waals surface area contributed by atoms with Crippen molar-refractivity contribution < 1.29 is 4.42 Å². The molecule has 1 aromatic carbocycles. The van der Waals surface area contributed by atoms with E-state index in [0.29, 0.717) is 5.58 Å². The molecule has 0 aliphatic rings. The van der Waals surface area contributed by atoms with Crippen LogP contribution in [-0.2, 0) is 5.33 Å². The van der Waals surface area contributed by atoms with Crippen LogP contribution in [0.25, 0.3) is 11.1 Å². The number of benzene rings is 1. The fourth-order valence-corrected chi connectivity index (χ4v) is 1.45. The highest BCUT2D eigenvalue weighted by Gasteiger charge is 2.04. The number of fused-ring (bicyclic) bond motifs is 1. The lowest BCUT2D eigenvalue weighted by Crippen LogP contribution is -1.75. The molecule has 2 rings (SSSR count). The number of hydrogen-bond acceptors (Lipinski definition) is 3. The van der Waals surface area contributed by atoms with E-state index in [9.17, 15) is 0 Å². The Hall–Kier alpha value is -1.34. The molecular formula is C9H5BrN2O. The van der Waals surface area contributed by atoms with E-state index in [1.54, 1.807) is 0 Å². The van der Waals surface area contributed by atoms with Crippen LogP contribution < -0.4 is 0 Å². The summed E-state index contributed by atoms with van der Waals surface area (Å²) in [6, 6.07) is 7.53. The Bertz CT molecular complexity index is 484. The lowest BCUT2D eigenvalue weighted by Gasteiger charge is -1.91. The zero-order valence-electron chi connectivity index (χ0n) is 6.62. The second-order valence-electron chi connectivity index (χ2n) is 2.57. The molecule has 1 aromatic heterocycles. The number of halogens is 1. The van der Waals surface area contributed by atoms with Crippen LogP contribution >= 0.6 is 15.9 Å². The summed E-state index contributed by atoms with van der Waals surface area (Å²) in [6.07, 6.45) is 0. The van der Waals surface area contributed by atoms with E-state index in [-0.39, 0.29) is 5.89 Å². The minimum Gasteiger partial charge on any atom is -0.428 e. The first-order valence-electron chi connectivity index (χ1n) is 3.69. The predicted molar refractivity (Wildman–Crippen MR) is 51.4 cm³/mol. The molecule has 0 unspecified atom stereocenters. The summed E-state index contributed by atoms with van der Waals surface area (Å²) < 4.78 is 5.17. The number of nitriles is 1. The van der Waals surface area contributed by atoms with Crippen LogP contribution in [0.3, 0.4) is 0 Å². The lowest BCUT2D eigenvalue weighted by molar-refractivity contribution is 0.584. The summed E-state index contributed by atoms with van der Waals surface area (Å²) in [5, 5.41) is 9.32. The molecule has 0 N–H and O–H groups in total. The standard InChI is InChI=1S/C9H5BrN2O/c10-4-6-1-2-7-8(3-6)13-9(5-11)12-7/h1-3H,4H2. The minimum absolute atomic E-state index is 0.113. The van der Waals surface area contributed by atoms with E-state index in [4.69, 9.17) is 9.68 Å². The molecule has 13 heavy (non-hydrogen) atoms. The van der Waals surface area contributed by atoms with Crippen LogP contribution in [-0.4, -0.2) is 4.98 Å². The van der Waals surface area contributed by atoms with Crippen LogP contribution in [0.5, 0.6) is 0 Å². The van der Waals surface area contributed by atoms with Crippen LogP contribution in [0.2, 0.25) is 0 Å². The zero-order valence-corrected chi connectivity index (χ0v) is 8.21. The van der Waals surface area contributed by atoms with Crippen LogP contribution in [0.4, 0.5) is 0 Å². The maximum Gasteiger partial charge on any atom is 0.301 e. The van der Waals surface area contributed by atoms with E-state index in [2.05, 4.69) is 20.9 Å². The van der Waals surface area contributed by atoms with Gasteiger partial charge in [-0.25, -0.2) is 0 Å². The molecule has 0 atom stereocenters. The van der Waals surface area contributed by atoms with E-state index in [1.807, 2.05) is 24.3 Å². The largest absolute Gasteiger partial charge is 0.428 e. The van der Waals surface area contributed by atoms with Gasteiger partial charge in [0.2, 0.25) is 0 Å². The van der Waals surface area contributed by atoms with Gasteiger partial charge in [0, 0.05) is 5.33 Å². The predicted octanol–water partition coefficient (Wildman–Crippen LogP) is 2.59. The minimum atomic E-state index is 0.113. The monoisotopic (exact) mass is 236 g/mol. The normalized spacial score (nSPS) is 10.2. The van der Waals surface area contributed by atoms with Crippen molar-refractivity contribution in [1.29, 1.82) is 5.26 Å². The van der Waals surface area contributed by atoms with Gasteiger partial charge in [-0.05, 0) is 17.7 Å². The summed E-state index contributed by atoms with van der Waals surface area (Å²) >= 11 is 3.34. The molecule has 0 spiro atoms. The Morgan fingerprint density at radius 1 is 1.54 bits per heavy atom. The zero-order chi connectivity index (χ0) is 9.26. The van der Waals surface area contributed by atoms with Crippen molar-refractivity contribution >= 4 is 27.0 Å². The topological polar surface area (TPSA) is 49.8 Å². The molecule has 0 amide bonds. The van der Waals surface area contributed by atoms with Crippen molar-refractivity contribution in [1.82, 2.24) is 4.98 Å². The van der Waals surface area contributed by atoms with Gasteiger partial charge < -0.3 is 4.42 Å². The van der Waals surface area contributed by atoms with Gasteiger partial charge in [-0.1, -0.05) is 22.0 Å². The van der Waals surface area contributed by atoms with Crippen molar-refractivity contribution in [2.75, 3.05) is 0 Å². The van der Waals surface area contributed by atoms with Crippen LogP contribution in [0.1, 0.15) is 11.5 Å². The van der Waals surface area contributed by atoms with Crippen LogP contribution in [0, 0.1) is 11.3 Å². The smallest absolute Gasteiger partial charge is 0.301 e. The van der Waals surface area contributed by atoms with E-state index in [1.165, 1.54) is 0 Å². The summed E-state index contributed by atoms with van der Waals surface area (Å²) in [4.78, 5) is 3.96. The van der Waals surface area contributed by atoms with Gasteiger partial charge in [0.15, 0.2) is 11.7 Å². The highest BCUT2D eigenvalue weighted by molar-refractivity contribution is 9.08. The summed E-state index contributed by atoms with van der Waals surface area (Å²) in [6.45, 7) is 0. The van der Waals surface area contributed by atoms with Gasteiger partial charge in [-0.15, -0.1) is 0 Å². The summed E-state index contributed by atoms with van der Waals surface area (Å²) in [5.41, 5.74) is 2.49. The van der Waals surface area contributed by atoms with Gasteiger partial charge in [0.1, 0.15) is 5.52 Å². The number of nitrogens with zero attached hydrogens (tertiary/aromatic N) is 2. The Balaban J connectivity index is 2.65. The second-order valence-corrected chi connectivity index (χ2v) is 3.13. The number of aromatic nitrogens is 1. The summed E-state index contributed by atoms with van der Waals surface area (Å²) in [5.74, 6) is 0.113. The number of oxazole rings is 1. The third kappa shape index (κ3) is 1.43. The van der Waals surface area contributed by atoms with Gasteiger partial charge in [-0.2, -0.15) is 10.2 Å². The average molecular weight is 237 g/mol.